The molecule has 0 amide bonds. The molecular weight excluding hydrogens is 481 g/mol. The van der Waals surface area contributed by atoms with E-state index in [0.717, 1.165) is 28.9 Å². The van der Waals surface area contributed by atoms with Crippen molar-refractivity contribution in [2.45, 2.75) is 23.5 Å². The minimum Gasteiger partial charge on any atom is -0.464 e. The van der Waals surface area contributed by atoms with E-state index < -0.39 is 11.4 Å². The van der Waals surface area contributed by atoms with E-state index in [-0.39, 0.29) is 11.4 Å². The van der Waals surface area contributed by atoms with Gasteiger partial charge < -0.3 is 14.1 Å². The second kappa shape index (κ2) is 10.8. The summed E-state index contributed by atoms with van der Waals surface area (Å²) in [6.07, 6.45) is 4.48. The molecule has 0 radical (unpaired) electrons. The lowest BCUT2D eigenvalue weighted by Crippen LogP contribution is -2.15. The molecule has 0 atom stereocenters. The highest BCUT2D eigenvalue weighted by Gasteiger charge is 2.15. The second-order valence-corrected chi connectivity index (χ2v) is 9.18. The van der Waals surface area contributed by atoms with Gasteiger partial charge in [0, 0.05) is 27.2 Å². The van der Waals surface area contributed by atoms with Gasteiger partial charge in [0.25, 0.3) is 0 Å². The molecule has 4 rings (SSSR count). The first-order valence-corrected chi connectivity index (χ1v) is 11.8. The molecule has 0 saturated heterocycles. The number of esters is 1. The summed E-state index contributed by atoms with van der Waals surface area (Å²) in [5.41, 5.74) is 1.95. The number of aryl methyl sites for hydroxylation is 2. The molecule has 0 aliphatic rings. The maximum atomic E-state index is 12.5. The number of thioether (sulfide) groups is 1. The van der Waals surface area contributed by atoms with E-state index in [9.17, 15) is 9.59 Å². The van der Waals surface area contributed by atoms with Crippen LogP contribution in [0, 0.1) is 0 Å². The van der Waals surface area contributed by atoms with E-state index in [1.54, 1.807) is 24.4 Å². The summed E-state index contributed by atoms with van der Waals surface area (Å²) in [7, 11) is 0. The van der Waals surface area contributed by atoms with Gasteiger partial charge in [0.1, 0.15) is 17.7 Å². The van der Waals surface area contributed by atoms with Gasteiger partial charge in [0.05, 0.1) is 5.75 Å². The number of ether oxygens (including phenoxy) is 1. The Balaban J connectivity index is 1.32. The van der Waals surface area contributed by atoms with Crippen LogP contribution in [0.15, 0.2) is 87.2 Å². The maximum Gasteiger partial charge on any atom is 0.360 e. The average molecular weight is 500 g/mol. The zero-order valence-electron chi connectivity index (χ0n) is 17.3. The number of halogens is 2. The molecule has 1 N–H and O–H groups in total. The minimum atomic E-state index is -0.650. The Kier molecular flexibility index (Phi) is 7.60. The molecule has 5 nitrogen and oxygen atoms in total. The van der Waals surface area contributed by atoms with Crippen LogP contribution in [0.5, 0.6) is 5.75 Å². The van der Waals surface area contributed by atoms with Crippen molar-refractivity contribution >= 4 is 40.9 Å². The van der Waals surface area contributed by atoms with Crippen LogP contribution < -0.4 is 10.2 Å². The van der Waals surface area contributed by atoms with E-state index in [1.165, 1.54) is 24.1 Å². The van der Waals surface area contributed by atoms with Crippen LogP contribution in [0.25, 0.3) is 0 Å². The molecule has 4 aromatic rings. The van der Waals surface area contributed by atoms with Crippen molar-refractivity contribution in [2.24, 2.45) is 0 Å². The van der Waals surface area contributed by atoms with Gasteiger partial charge in [-0.25, -0.2) is 4.79 Å². The highest BCUT2D eigenvalue weighted by Crippen LogP contribution is 2.24. The number of hydrogen-bond donors (Lipinski definition) is 1. The van der Waals surface area contributed by atoms with Crippen LogP contribution in [-0.2, 0) is 18.6 Å². The first kappa shape index (κ1) is 23.2. The molecule has 2 aromatic heterocycles. The first-order chi connectivity index (χ1) is 16.0. The zero-order valence-corrected chi connectivity index (χ0v) is 19.7. The topological polar surface area (TPSA) is 72.3 Å². The summed E-state index contributed by atoms with van der Waals surface area (Å²) < 4.78 is 10.7. The van der Waals surface area contributed by atoms with Crippen molar-refractivity contribution in [1.82, 2.24) is 4.98 Å². The Hall–Kier alpha value is -2.93. The van der Waals surface area contributed by atoms with E-state index >= 15 is 0 Å². The summed E-state index contributed by atoms with van der Waals surface area (Å²) in [4.78, 5) is 28.7. The van der Waals surface area contributed by atoms with Crippen molar-refractivity contribution < 1.29 is 13.9 Å². The van der Waals surface area contributed by atoms with Gasteiger partial charge >= 0.3 is 5.97 Å². The van der Waals surface area contributed by atoms with Gasteiger partial charge in [-0.15, -0.1) is 11.8 Å². The Labute approximate surface area is 204 Å². The van der Waals surface area contributed by atoms with Crippen LogP contribution in [0.1, 0.15) is 27.4 Å². The number of hydrogen-bond acceptors (Lipinski definition) is 5. The lowest BCUT2D eigenvalue weighted by molar-refractivity contribution is 0.0723. The number of benzene rings is 2. The third kappa shape index (κ3) is 6.54. The maximum absolute atomic E-state index is 12.5. The van der Waals surface area contributed by atoms with Crippen LogP contribution in [-0.4, -0.2) is 11.0 Å². The molecule has 2 aromatic carbocycles. The van der Waals surface area contributed by atoms with Crippen LogP contribution >= 0.6 is 35.0 Å². The lowest BCUT2D eigenvalue weighted by Gasteiger charge is -2.04. The number of rotatable bonds is 8. The number of aromatic nitrogens is 1. The quantitative estimate of drug-likeness (QED) is 0.219. The Morgan fingerprint density at radius 3 is 2.30 bits per heavy atom. The molecule has 0 aliphatic carbocycles. The number of carbonyl (C=O) groups is 1. The van der Waals surface area contributed by atoms with Gasteiger partial charge in [0.2, 0.25) is 11.2 Å². The smallest absolute Gasteiger partial charge is 0.360 e. The van der Waals surface area contributed by atoms with E-state index in [0.29, 0.717) is 21.6 Å². The molecule has 0 aliphatic heterocycles. The van der Waals surface area contributed by atoms with E-state index in [2.05, 4.69) is 4.98 Å². The van der Waals surface area contributed by atoms with Crippen molar-refractivity contribution in [3.8, 4) is 5.75 Å². The molecule has 0 fully saturated rings. The van der Waals surface area contributed by atoms with Gasteiger partial charge in [-0.2, -0.15) is 0 Å². The first-order valence-electron chi connectivity index (χ1n) is 10.1. The fourth-order valence-electron chi connectivity index (χ4n) is 3.07. The number of carbonyl (C=O) groups excluding carboxylic acids is 1. The van der Waals surface area contributed by atoms with Gasteiger partial charge in [-0.3, -0.25) is 4.79 Å². The third-order valence-electron chi connectivity index (χ3n) is 4.83. The zero-order chi connectivity index (χ0) is 23.2. The molecule has 8 heteroatoms. The molecule has 0 saturated carbocycles. The SMILES string of the molecule is O=C(Oc1coc(CSc2ccc(Cl)cc2)cc1=O)c1cc(CCc2ccc(Cl)cc2)c[nH]1. The monoisotopic (exact) mass is 499 g/mol. The predicted molar refractivity (Wildman–Crippen MR) is 131 cm³/mol. The van der Waals surface area contributed by atoms with E-state index in [4.69, 9.17) is 32.4 Å². The predicted octanol–water partition coefficient (Wildman–Crippen LogP) is 6.57. The molecule has 33 heavy (non-hydrogen) atoms. The number of nitrogens with one attached hydrogen (secondary N) is 1. The lowest BCUT2D eigenvalue weighted by atomic mass is 10.1. The summed E-state index contributed by atoms with van der Waals surface area (Å²) in [5, 5.41) is 1.36. The van der Waals surface area contributed by atoms with Crippen LogP contribution in [0.2, 0.25) is 10.0 Å². The Morgan fingerprint density at radius 2 is 1.61 bits per heavy atom. The molecular formula is C25H19Cl2NO4S. The highest BCUT2D eigenvalue weighted by molar-refractivity contribution is 7.98. The average Bonchev–Trinajstić information content (AvgIpc) is 3.29. The van der Waals surface area contributed by atoms with Crippen LogP contribution in [0.4, 0.5) is 0 Å². The number of aromatic amines is 1. The van der Waals surface area contributed by atoms with Crippen molar-refractivity contribution in [3.05, 3.63) is 116 Å². The molecule has 0 spiro atoms. The summed E-state index contributed by atoms with van der Waals surface area (Å²) in [6.45, 7) is 0. The summed E-state index contributed by atoms with van der Waals surface area (Å²) in [6, 6.07) is 18.1. The largest absolute Gasteiger partial charge is 0.464 e. The van der Waals surface area contributed by atoms with Crippen LogP contribution in [0.3, 0.4) is 0 Å². The summed E-state index contributed by atoms with van der Waals surface area (Å²) in [5.74, 6) is 0.128. The molecule has 2 heterocycles. The van der Waals surface area contributed by atoms with Crippen molar-refractivity contribution in [3.63, 3.8) is 0 Å². The Bertz CT molecular complexity index is 1300. The standard InChI is InChI=1S/C25H19Cl2NO4S/c26-18-5-3-16(4-6-18)1-2-17-11-22(28-13-17)25(30)32-24-14-31-20(12-23(24)29)15-33-21-9-7-19(27)8-10-21/h3-14,28H,1-2,15H2. The molecule has 0 bridgehead atoms. The summed E-state index contributed by atoms with van der Waals surface area (Å²) >= 11 is 13.3. The Morgan fingerprint density at radius 1 is 0.939 bits per heavy atom. The molecule has 168 valence electrons. The van der Waals surface area contributed by atoms with Crippen molar-refractivity contribution in [1.29, 1.82) is 0 Å². The third-order valence-corrected chi connectivity index (χ3v) is 6.37. The van der Waals surface area contributed by atoms with Gasteiger partial charge in [-0.05, 0) is 66.4 Å². The van der Waals surface area contributed by atoms with Crippen molar-refractivity contribution in [2.75, 3.05) is 0 Å². The normalized spacial score (nSPS) is 10.8. The molecule has 0 unspecified atom stereocenters. The van der Waals surface area contributed by atoms with Gasteiger partial charge in [0.15, 0.2) is 0 Å². The minimum absolute atomic E-state index is 0.155. The number of H-pyrrole nitrogens is 1. The second-order valence-electron chi connectivity index (χ2n) is 7.26. The highest BCUT2D eigenvalue weighted by atomic mass is 35.5. The fourth-order valence-corrected chi connectivity index (χ4v) is 4.11. The van der Waals surface area contributed by atoms with Gasteiger partial charge in [-0.1, -0.05) is 35.3 Å². The van der Waals surface area contributed by atoms with E-state index in [1.807, 2.05) is 36.4 Å². The fraction of sp³-hybridized carbons (Fsp3) is 0.120.